The molecule has 1 aromatic heterocycles. The van der Waals surface area contributed by atoms with Crippen molar-refractivity contribution >= 4 is 29.3 Å². The van der Waals surface area contributed by atoms with Crippen LogP contribution in [0.4, 0.5) is 5.82 Å². The van der Waals surface area contributed by atoms with Crippen LogP contribution in [0, 0.1) is 0 Å². The first kappa shape index (κ1) is 14.2. The van der Waals surface area contributed by atoms with E-state index in [4.69, 9.17) is 16.7 Å². The Balaban J connectivity index is 3.03. The van der Waals surface area contributed by atoms with E-state index in [1.807, 2.05) is 6.92 Å². The van der Waals surface area contributed by atoms with Crippen molar-refractivity contribution in [3.63, 3.8) is 0 Å². The summed E-state index contributed by atoms with van der Waals surface area (Å²) in [5.41, 5.74) is -0.0305. The van der Waals surface area contributed by atoms with Crippen LogP contribution in [-0.4, -0.2) is 42.1 Å². The van der Waals surface area contributed by atoms with E-state index in [1.165, 1.54) is 19.3 Å². The van der Waals surface area contributed by atoms with Crippen molar-refractivity contribution in [2.24, 2.45) is 0 Å². The lowest BCUT2D eigenvalue weighted by Crippen LogP contribution is -2.36. The molecule has 1 amide bonds. The fourth-order valence-electron chi connectivity index (χ4n) is 1.37. The number of nitrogens with one attached hydrogen (secondary N) is 1. The number of anilines is 1. The average Bonchev–Trinajstić information content (AvgIpc) is 2.36. The van der Waals surface area contributed by atoms with Crippen LogP contribution in [0.3, 0.4) is 0 Å². The van der Waals surface area contributed by atoms with Crippen LogP contribution < -0.4 is 10.2 Å². The number of aromatic carboxylic acids is 1. The van der Waals surface area contributed by atoms with E-state index in [1.54, 1.807) is 4.90 Å². The Morgan fingerprint density at radius 2 is 2.22 bits per heavy atom. The lowest BCUT2D eigenvalue weighted by Gasteiger charge is -2.21. The molecule has 0 aliphatic rings. The van der Waals surface area contributed by atoms with Gasteiger partial charge >= 0.3 is 5.97 Å². The third-order valence-electron chi connectivity index (χ3n) is 2.39. The summed E-state index contributed by atoms with van der Waals surface area (Å²) in [6.45, 7) is 2.49. The zero-order valence-corrected chi connectivity index (χ0v) is 10.9. The van der Waals surface area contributed by atoms with Gasteiger partial charge in [0.1, 0.15) is 5.82 Å². The minimum absolute atomic E-state index is 0.0305. The molecule has 1 heterocycles. The molecule has 0 aliphatic carbocycles. The molecule has 1 aromatic rings. The monoisotopic (exact) mass is 271 g/mol. The summed E-state index contributed by atoms with van der Waals surface area (Å²) in [7, 11) is 1.54. The zero-order valence-electron chi connectivity index (χ0n) is 10.1. The van der Waals surface area contributed by atoms with Gasteiger partial charge in [-0.1, -0.05) is 11.6 Å². The van der Waals surface area contributed by atoms with E-state index in [2.05, 4.69) is 10.3 Å². The molecular formula is C11H14ClN3O3. The molecule has 98 valence electrons. The molecular weight excluding hydrogens is 258 g/mol. The van der Waals surface area contributed by atoms with Gasteiger partial charge in [0, 0.05) is 19.8 Å². The molecule has 0 atom stereocenters. The maximum atomic E-state index is 11.3. The Bertz CT molecular complexity index is 465. The van der Waals surface area contributed by atoms with Gasteiger partial charge < -0.3 is 15.3 Å². The Labute approximate surface area is 110 Å². The molecule has 0 spiro atoms. The van der Waals surface area contributed by atoms with Crippen LogP contribution in [-0.2, 0) is 4.79 Å². The van der Waals surface area contributed by atoms with Gasteiger partial charge in [0.15, 0.2) is 0 Å². The Morgan fingerprint density at radius 1 is 1.56 bits per heavy atom. The van der Waals surface area contributed by atoms with E-state index in [-0.39, 0.29) is 23.0 Å². The van der Waals surface area contributed by atoms with Crippen LogP contribution >= 0.6 is 11.6 Å². The van der Waals surface area contributed by atoms with Crippen molar-refractivity contribution in [2.45, 2.75) is 6.92 Å². The molecule has 18 heavy (non-hydrogen) atoms. The first-order chi connectivity index (χ1) is 8.49. The van der Waals surface area contributed by atoms with Crippen LogP contribution in [0.25, 0.3) is 0 Å². The third-order valence-corrected chi connectivity index (χ3v) is 2.69. The summed E-state index contributed by atoms with van der Waals surface area (Å²) < 4.78 is 0. The van der Waals surface area contributed by atoms with E-state index in [0.29, 0.717) is 12.4 Å². The summed E-state index contributed by atoms with van der Waals surface area (Å²) in [5.74, 6) is -0.895. The number of carbonyl (C=O) groups excluding carboxylic acids is 1. The highest BCUT2D eigenvalue weighted by Gasteiger charge is 2.15. The lowest BCUT2D eigenvalue weighted by atomic mass is 10.2. The normalized spacial score (nSPS) is 9.94. The highest BCUT2D eigenvalue weighted by molar-refractivity contribution is 6.33. The summed E-state index contributed by atoms with van der Waals surface area (Å²) >= 11 is 5.73. The first-order valence-electron chi connectivity index (χ1n) is 5.34. The van der Waals surface area contributed by atoms with Crippen molar-refractivity contribution in [3.05, 3.63) is 22.8 Å². The van der Waals surface area contributed by atoms with Gasteiger partial charge in [-0.25, -0.2) is 9.78 Å². The van der Waals surface area contributed by atoms with Gasteiger partial charge in [0.05, 0.1) is 17.1 Å². The maximum Gasteiger partial charge on any atom is 0.337 e. The van der Waals surface area contributed by atoms with E-state index in [0.717, 1.165) is 0 Å². The van der Waals surface area contributed by atoms with Gasteiger partial charge in [0.25, 0.3) is 0 Å². The highest BCUT2D eigenvalue weighted by atomic mass is 35.5. The van der Waals surface area contributed by atoms with Crippen molar-refractivity contribution in [2.75, 3.05) is 25.0 Å². The summed E-state index contributed by atoms with van der Waals surface area (Å²) in [6, 6.07) is 1.36. The summed E-state index contributed by atoms with van der Waals surface area (Å²) in [5, 5.41) is 11.5. The molecule has 0 radical (unpaired) electrons. The number of halogens is 1. The van der Waals surface area contributed by atoms with Crippen LogP contribution in [0.15, 0.2) is 12.3 Å². The minimum Gasteiger partial charge on any atom is -0.478 e. The minimum atomic E-state index is -1.13. The Kier molecular flexibility index (Phi) is 4.91. The van der Waals surface area contributed by atoms with Crippen molar-refractivity contribution in [1.29, 1.82) is 0 Å². The smallest absolute Gasteiger partial charge is 0.337 e. The molecule has 0 aliphatic heterocycles. The van der Waals surface area contributed by atoms with Gasteiger partial charge in [-0.2, -0.15) is 0 Å². The fourth-order valence-corrected chi connectivity index (χ4v) is 1.56. The number of pyridine rings is 1. The molecule has 0 saturated heterocycles. The number of aromatic nitrogens is 1. The van der Waals surface area contributed by atoms with Crippen LogP contribution in [0.1, 0.15) is 17.3 Å². The quantitative estimate of drug-likeness (QED) is 0.835. The molecule has 2 N–H and O–H groups in total. The van der Waals surface area contributed by atoms with E-state index in [9.17, 15) is 9.59 Å². The molecule has 0 saturated carbocycles. The Hall–Kier alpha value is -1.82. The van der Waals surface area contributed by atoms with E-state index >= 15 is 0 Å². The van der Waals surface area contributed by atoms with Gasteiger partial charge in [-0.3, -0.25) is 4.79 Å². The number of likely N-dealkylation sites (N-methyl/N-ethyl adjacent to an activating group) is 2. The number of carboxylic acid groups (broad SMARTS) is 1. The first-order valence-corrected chi connectivity index (χ1v) is 5.71. The summed E-state index contributed by atoms with van der Waals surface area (Å²) in [6.07, 6.45) is 1.27. The molecule has 0 fully saturated rings. The predicted octanol–water partition coefficient (Wildman–Crippen LogP) is 1.01. The van der Waals surface area contributed by atoms with Crippen molar-refractivity contribution < 1.29 is 14.7 Å². The zero-order chi connectivity index (χ0) is 13.7. The van der Waals surface area contributed by atoms with Crippen LogP contribution in [0.5, 0.6) is 0 Å². The standard InChI is InChI=1S/C11H14ClN3O3/c1-3-15(6-10(16)13-2)9-4-7(11(17)18)8(12)5-14-9/h4-5H,3,6H2,1-2H3,(H,13,16)(H,17,18). The highest BCUT2D eigenvalue weighted by Crippen LogP contribution is 2.20. The predicted molar refractivity (Wildman–Crippen MR) is 68.2 cm³/mol. The van der Waals surface area contributed by atoms with Crippen LogP contribution in [0.2, 0.25) is 5.02 Å². The second kappa shape index (κ2) is 6.20. The van der Waals surface area contributed by atoms with Gasteiger partial charge in [0.2, 0.25) is 5.91 Å². The second-order valence-corrected chi connectivity index (χ2v) is 3.92. The number of amides is 1. The average molecular weight is 272 g/mol. The molecule has 7 heteroatoms. The van der Waals surface area contributed by atoms with E-state index < -0.39 is 5.97 Å². The number of nitrogens with zero attached hydrogens (tertiary/aromatic N) is 2. The molecule has 1 rings (SSSR count). The maximum absolute atomic E-state index is 11.3. The molecule has 0 bridgehead atoms. The fraction of sp³-hybridized carbons (Fsp3) is 0.364. The molecule has 6 nitrogen and oxygen atoms in total. The number of carbonyl (C=O) groups is 2. The summed E-state index contributed by atoms with van der Waals surface area (Å²) in [4.78, 5) is 28.0. The molecule has 0 aromatic carbocycles. The van der Waals surface area contributed by atoms with Crippen molar-refractivity contribution in [1.82, 2.24) is 10.3 Å². The third kappa shape index (κ3) is 3.33. The number of hydrogen-bond acceptors (Lipinski definition) is 4. The SMILES string of the molecule is CCN(CC(=O)NC)c1cc(C(=O)O)c(Cl)cn1. The number of rotatable bonds is 5. The van der Waals surface area contributed by atoms with Crippen molar-refractivity contribution in [3.8, 4) is 0 Å². The lowest BCUT2D eigenvalue weighted by molar-refractivity contribution is -0.119. The second-order valence-electron chi connectivity index (χ2n) is 3.51. The molecule has 0 unspecified atom stereocenters. The largest absolute Gasteiger partial charge is 0.478 e. The van der Waals surface area contributed by atoms with Gasteiger partial charge in [-0.15, -0.1) is 0 Å². The topological polar surface area (TPSA) is 82.5 Å². The van der Waals surface area contributed by atoms with Gasteiger partial charge in [-0.05, 0) is 13.0 Å². The Morgan fingerprint density at radius 3 is 2.72 bits per heavy atom. The number of carboxylic acids is 1. The number of hydrogen-bond donors (Lipinski definition) is 2.